The highest BCUT2D eigenvalue weighted by atomic mass is 127. The van der Waals surface area contributed by atoms with Gasteiger partial charge in [-0.25, -0.2) is 4.99 Å². The predicted octanol–water partition coefficient (Wildman–Crippen LogP) is 3.87. The van der Waals surface area contributed by atoms with E-state index in [1.165, 1.54) is 5.56 Å². The number of guanidine groups is 1. The van der Waals surface area contributed by atoms with Crippen LogP contribution in [0.4, 0.5) is 0 Å². The molecule has 0 unspecified atom stereocenters. The summed E-state index contributed by atoms with van der Waals surface area (Å²) in [6, 6.07) is 6.20. The highest BCUT2D eigenvalue weighted by Crippen LogP contribution is 2.22. The summed E-state index contributed by atoms with van der Waals surface area (Å²) in [5.41, 5.74) is 8.16. The Labute approximate surface area is 169 Å². The number of aliphatic imine (C=N–C) groups is 1. The molecule has 0 radical (unpaired) electrons. The van der Waals surface area contributed by atoms with E-state index in [9.17, 15) is 0 Å². The van der Waals surface area contributed by atoms with Gasteiger partial charge in [0.25, 0.3) is 0 Å². The molecule has 0 saturated carbocycles. The quantitative estimate of drug-likeness (QED) is 0.226. The van der Waals surface area contributed by atoms with Gasteiger partial charge in [0.15, 0.2) is 5.96 Å². The van der Waals surface area contributed by atoms with Crippen molar-refractivity contribution in [3.63, 3.8) is 0 Å². The van der Waals surface area contributed by atoms with Gasteiger partial charge in [-0.05, 0) is 44.2 Å². The number of nitrogens with one attached hydrogen (secondary N) is 1. The van der Waals surface area contributed by atoms with Crippen molar-refractivity contribution < 1.29 is 9.47 Å². The van der Waals surface area contributed by atoms with Gasteiger partial charge >= 0.3 is 0 Å². The number of rotatable bonds is 11. The minimum Gasteiger partial charge on any atom is -0.493 e. The Hall–Kier alpha value is -1.02. The summed E-state index contributed by atoms with van der Waals surface area (Å²) in [5.74, 6) is 2.00. The van der Waals surface area contributed by atoms with Crippen LogP contribution in [0.1, 0.15) is 44.7 Å². The Bertz CT molecular complexity index is 507. The normalized spacial score (nSPS) is 11.3. The largest absolute Gasteiger partial charge is 0.493 e. The van der Waals surface area contributed by atoms with Gasteiger partial charge in [-0.2, -0.15) is 0 Å². The highest BCUT2D eigenvalue weighted by molar-refractivity contribution is 14.0. The summed E-state index contributed by atoms with van der Waals surface area (Å²) in [5, 5.41) is 3.11. The second-order valence-corrected chi connectivity index (χ2v) is 6.32. The molecule has 1 aromatic rings. The van der Waals surface area contributed by atoms with Gasteiger partial charge in [0, 0.05) is 25.3 Å². The fourth-order valence-corrected chi connectivity index (χ4v) is 2.09. The minimum absolute atomic E-state index is 0. The van der Waals surface area contributed by atoms with Crippen LogP contribution in [0.2, 0.25) is 0 Å². The fourth-order valence-electron chi connectivity index (χ4n) is 2.09. The SMILES string of the molecule is CCOCCCNC(N)=NCc1ccc(C)cc1OCCC(C)C.I. The van der Waals surface area contributed by atoms with E-state index in [2.05, 4.69) is 49.3 Å². The van der Waals surface area contributed by atoms with Crippen molar-refractivity contribution in [2.75, 3.05) is 26.4 Å². The van der Waals surface area contributed by atoms with Crippen LogP contribution >= 0.6 is 24.0 Å². The second kappa shape index (κ2) is 14.2. The van der Waals surface area contributed by atoms with Crippen LogP contribution in [0, 0.1) is 12.8 Å². The average molecular weight is 463 g/mol. The highest BCUT2D eigenvalue weighted by Gasteiger charge is 2.05. The lowest BCUT2D eigenvalue weighted by Gasteiger charge is -2.13. The van der Waals surface area contributed by atoms with Gasteiger partial charge in [-0.15, -0.1) is 24.0 Å². The van der Waals surface area contributed by atoms with Crippen LogP contribution in [0.15, 0.2) is 23.2 Å². The van der Waals surface area contributed by atoms with Crippen LogP contribution in [0.5, 0.6) is 5.75 Å². The zero-order chi connectivity index (χ0) is 17.8. The first-order valence-electron chi connectivity index (χ1n) is 8.86. The van der Waals surface area contributed by atoms with Crippen LogP contribution < -0.4 is 15.8 Å². The van der Waals surface area contributed by atoms with Gasteiger partial charge in [-0.1, -0.05) is 26.0 Å². The van der Waals surface area contributed by atoms with E-state index < -0.39 is 0 Å². The van der Waals surface area contributed by atoms with E-state index in [1.807, 2.05) is 6.92 Å². The lowest BCUT2D eigenvalue weighted by atomic mass is 10.1. The molecule has 25 heavy (non-hydrogen) atoms. The Morgan fingerprint density at radius 3 is 2.72 bits per heavy atom. The standard InChI is InChI=1S/C19H33N3O2.HI/c1-5-23-11-6-10-21-19(20)22-14-17-8-7-16(4)13-18(17)24-12-9-15(2)3;/h7-8,13,15H,5-6,9-12,14H2,1-4H3,(H3,20,21,22);1H. The summed E-state index contributed by atoms with van der Waals surface area (Å²) in [4.78, 5) is 4.41. The van der Waals surface area contributed by atoms with Crippen molar-refractivity contribution in [3.05, 3.63) is 29.3 Å². The molecule has 6 heteroatoms. The van der Waals surface area contributed by atoms with Crippen LogP contribution in [0.25, 0.3) is 0 Å². The summed E-state index contributed by atoms with van der Waals surface area (Å²) in [7, 11) is 0. The molecule has 0 heterocycles. The molecule has 144 valence electrons. The van der Waals surface area contributed by atoms with E-state index in [1.54, 1.807) is 0 Å². The van der Waals surface area contributed by atoms with E-state index in [0.29, 0.717) is 18.4 Å². The van der Waals surface area contributed by atoms with Gasteiger partial charge in [0.2, 0.25) is 0 Å². The maximum absolute atomic E-state index is 5.94. The molecular formula is C19H34IN3O2. The third-order valence-electron chi connectivity index (χ3n) is 3.57. The summed E-state index contributed by atoms with van der Waals surface area (Å²) < 4.78 is 11.2. The fraction of sp³-hybridized carbons (Fsp3) is 0.632. The number of ether oxygens (including phenoxy) is 2. The van der Waals surface area contributed by atoms with Gasteiger partial charge in [0.05, 0.1) is 13.2 Å². The van der Waals surface area contributed by atoms with Crippen LogP contribution in [-0.4, -0.2) is 32.3 Å². The second-order valence-electron chi connectivity index (χ2n) is 6.32. The van der Waals surface area contributed by atoms with E-state index in [0.717, 1.165) is 50.5 Å². The van der Waals surface area contributed by atoms with Gasteiger partial charge in [-0.3, -0.25) is 0 Å². The summed E-state index contributed by atoms with van der Waals surface area (Å²) in [6.45, 7) is 11.9. The average Bonchev–Trinajstić information content (AvgIpc) is 2.53. The van der Waals surface area contributed by atoms with Crippen molar-refractivity contribution in [1.82, 2.24) is 5.32 Å². The number of aryl methyl sites for hydroxylation is 1. The molecule has 0 aliphatic rings. The van der Waals surface area contributed by atoms with Crippen LogP contribution in [0.3, 0.4) is 0 Å². The van der Waals surface area contributed by atoms with Crippen molar-refractivity contribution in [1.29, 1.82) is 0 Å². The van der Waals surface area contributed by atoms with Crippen LogP contribution in [-0.2, 0) is 11.3 Å². The molecule has 0 aromatic heterocycles. The van der Waals surface area contributed by atoms with Gasteiger partial charge < -0.3 is 20.5 Å². The third-order valence-corrected chi connectivity index (χ3v) is 3.57. The minimum atomic E-state index is 0. The van der Waals surface area contributed by atoms with E-state index in [-0.39, 0.29) is 24.0 Å². The third kappa shape index (κ3) is 11.3. The molecule has 0 spiro atoms. The number of halogens is 1. The molecule has 0 saturated heterocycles. The zero-order valence-electron chi connectivity index (χ0n) is 16.0. The molecule has 0 aliphatic carbocycles. The maximum Gasteiger partial charge on any atom is 0.188 e. The number of hydrogen-bond donors (Lipinski definition) is 2. The lowest BCUT2D eigenvalue weighted by Crippen LogP contribution is -2.32. The number of nitrogens with two attached hydrogens (primary N) is 1. The molecule has 1 aromatic carbocycles. The monoisotopic (exact) mass is 463 g/mol. The van der Waals surface area contributed by atoms with Crippen molar-refractivity contribution in [2.45, 2.75) is 47.1 Å². The van der Waals surface area contributed by atoms with E-state index >= 15 is 0 Å². The number of nitrogens with zero attached hydrogens (tertiary/aromatic N) is 1. The van der Waals surface area contributed by atoms with Gasteiger partial charge in [0.1, 0.15) is 5.75 Å². The van der Waals surface area contributed by atoms with Crippen molar-refractivity contribution >= 4 is 29.9 Å². The Kier molecular flexibility index (Phi) is 13.6. The maximum atomic E-state index is 5.94. The smallest absolute Gasteiger partial charge is 0.188 e. The molecular weight excluding hydrogens is 429 g/mol. The van der Waals surface area contributed by atoms with Crippen molar-refractivity contribution in [3.8, 4) is 5.75 Å². The molecule has 0 amide bonds. The molecule has 3 N–H and O–H groups in total. The lowest BCUT2D eigenvalue weighted by molar-refractivity contribution is 0.145. The predicted molar refractivity (Wildman–Crippen MR) is 116 cm³/mol. The summed E-state index contributed by atoms with van der Waals surface area (Å²) in [6.07, 6.45) is 1.96. The first-order valence-corrected chi connectivity index (χ1v) is 8.86. The molecule has 0 fully saturated rings. The number of benzene rings is 1. The Morgan fingerprint density at radius 2 is 2.04 bits per heavy atom. The van der Waals surface area contributed by atoms with E-state index in [4.69, 9.17) is 15.2 Å². The molecule has 1 rings (SSSR count). The Morgan fingerprint density at radius 1 is 1.28 bits per heavy atom. The summed E-state index contributed by atoms with van der Waals surface area (Å²) >= 11 is 0. The Balaban J connectivity index is 0.00000576. The topological polar surface area (TPSA) is 68.9 Å². The first-order chi connectivity index (χ1) is 11.5. The molecule has 5 nitrogen and oxygen atoms in total. The molecule has 0 aliphatic heterocycles. The molecule has 0 bridgehead atoms. The van der Waals surface area contributed by atoms with Crippen molar-refractivity contribution in [2.24, 2.45) is 16.6 Å². The number of hydrogen-bond acceptors (Lipinski definition) is 3. The zero-order valence-corrected chi connectivity index (χ0v) is 18.3. The first kappa shape index (κ1) is 24.0. The molecule has 0 atom stereocenters.